The quantitative estimate of drug-likeness (QED) is 0.801. The van der Waals surface area contributed by atoms with Crippen molar-refractivity contribution in [1.29, 1.82) is 0 Å². The first-order valence-corrected chi connectivity index (χ1v) is 7.35. The summed E-state index contributed by atoms with van der Waals surface area (Å²) in [7, 11) is 0. The van der Waals surface area contributed by atoms with E-state index in [1.807, 2.05) is 47.3 Å². The van der Waals surface area contributed by atoms with Crippen LogP contribution >= 0.6 is 11.3 Å². The Hall–Kier alpha value is -2.14. The summed E-state index contributed by atoms with van der Waals surface area (Å²) < 4.78 is 3.09. The molecule has 0 radical (unpaired) electrons. The van der Waals surface area contributed by atoms with Gasteiger partial charge >= 0.3 is 0 Å². The number of nitrogens with one attached hydrogen (secondary N) is 1. The summed E-state index contributed by atoms with van der Waals surface area (Å²) in [4.78, 5) is 16.3. The number of amides is 1. The van der Waals surface area contributed by atoms with Crippen LogP contribution in [0.4, 0.5) is 0 Å². The molecule has 3 aromatic rings. The second kappa shape index (κ2) is 5.46. The van der Waals surface area contributed by atoms with E-state index in [9.17, 15) is 4.79 Å². The van der Waals surface area contributed by atoms with E-state index in [1.165, 1.54) is 0 Å². The maximum absolute atomic E-state index is 12.3. The average Bonchev–Trinajstić information content (AvgIpc) is 3.07. The number of hydrogen-bond donors (Lipinski definition) is 1. The van der Waals surface area contributed by atoms with Gasteiger partial charge in [-0.3, -0.25) is 4.79 Å². The molecule has 0 aliphatic rings. The molecule has 1 N–H and O–H groups in total. The lowest BCUT2D eigenvalue weighted by Gasteiger charge is -2.14. The van der Waals surface area contributed by atoms with E-state index >= 15 is 0 Å². The molecule has 5 heteroatoms. The van der Waals surface area contributed by atoms with Crippen LogP contribution in [-0.2, 0) is 6.54 Å². The largest absolute Gasteiger partial charge is 0.348 e. The Balaban J connectivity index is 1.73. The molecular weight excluding hydrogens is 270 g/mol. The van der Waals surface area contributed by atoms with Gasteiger partial charge in [-0.15, -0.1) is 11.3 Å². The highest BCUT2D eigenvalue weighted by Gasteiger charge is 2.14. The van der Waals surface area contributed by atoms with Crippen LogP contribution in [-0.4, -0.2) is 21.5 Å². The van der Waals surface area contributed by atoms with E-state index in [1.54, 1.807) is 23.9 Å². The first kappa shape index (κ1) is 12.9. The van der Waals surface area contributed by atoms with Crippen LogP contribution in [0.3, 0.4) is 0 Å². The Morgan fingerprint density at radius 2 is 2.30 bits per heavy atom. The summed E-state index contributed by atoms with van der Waals surface area (Å²) in [6, 6.07) is 8.02. The van der Waals surface area contributed by atoms with E-state index in [0.29, 0.717) is 6.54 Å². The number of nitrogens with zero attached hydrogens (tertiary/aromatic N) is 2. The zero-order chi connectivity index (χ0) is 13.9. The summed E-state index contributed by atoms with van der Waals surface area (Å²) in [6.07, 6.45) is 5.38. The highest BCUT2D eigenvalue weighted by Crippen LogP contribution is 2.25. The topological polar surface area (TPSA) is 46.9 Å². The molecule has 0 spiro atoms. The number of fused-ring (bicyclic) bond motifs is 1. The van der Waals surface area contributed by atoms with E-state index in [2.05, 4.69) is 10.3 Å². The Morgan fingerprint density at radius 1 is 1.45 bits per heavy atom. The number of aromatic nitrogens is 2. The Morgan fingerprint density at radius 3 is 3.10 bits per heavy atom. The van der Waals surface area contributed by atoms with Crippen molar-refractivity contribution < 1.29 is 4.79 Å². The van der Waals surface area contributed by atoms with E-state index in [0.717, 1.165) is 15.6 Å². The number of thiophene rings is 1. The van der Waals surface area contributed by atoms with Crippen molar-refractivity contribution in [3.05, 3.63) is 53.9 Å². The van der Waals surface area contributed by atoms with Crippen molar-refractivity contribution in [1.82, 2.24) is 14.9 Å². The number of imidazole rings is 1. The van der Waals surface area contributed by atoms with Gasteiger partial charge in [0.05, 0.1) is 11.9 Å². The molecule has 1 atom stereocenters. The molecule has 1 amide bonds. The Bertz CT molecular complexity index is 718. The summed E-state index contributed by atoms with van der Waals surface area (Å²) in [6.45, 7) is 2.71. The van der Waals surface area contributed by atoms with Gasteiger partial charge in [0.15, 0.2) is 0 Å². The fourth-order valence-electron chi connectivity index (χ4n) is 2.21. The first-order chi connectivity index (χ1) is 9.74. The first-order valence-electron chi connectivity index (χ1n) is 6.47. The van der Waals surface area contributed by atoms with Crippen molar-refractivity contribution in [2.24, 2.45) is 0 Å². The molecule has 2 aromatic heterocycles. The fraction of sp³-hybridized carbons (Fsp3) is 0.200. The van der Waals surface area contributed by atoms with Gasteiger partial charge in [-0.25, -0.2) is 4.98 Å². The molecule has 2 heterocycles. The molecule has 1 unspecified atom stereocenters. The molecule has 0 saturated carbocycles. The summed E-state index contributed by atoms with van der Waals surface area (Å²) in [5.74, 6) is -0.0185. The maximum Gasteiger partial charge on any atom is 0.253 e. The van der Waals surface area contributed by atoms with Crippen LogP contribution < -0.4 is 5.32 Å². The van der Waals surface area contributed by atoms with Crippen LogP contribution in [0, 0.1) is 0 Å². The molecule has 1 aromatic carbocycles. The minimum absolute atomic E-state index is 0.0185. The predicted molar refractivity (Wildman–Crippen MR) is 81.0 cm³/mol. The lowest BCUT2D eigenvalue weighted by atomic mass is 10.1. The SMILES string of the molecule is CC(Cn1ccnc1)NC(=O)c1csc2ccccc12. The van der Waals surface area contributed by atoms with Crippen molar-refractivity contribution in [2.75, 3.05) is 0 Å². The summed E-state index contributed by atoms with van der Waals surface area (Å²) in [5.41, 5.74) is 0.753. The van der Waals surface area contributed by atoms with Gasteiger partial charge in [0.1, 0.15) is 0 Å². The smallest absolute Gasteiger partial charge is 0.253 e. The van der Waals surface area contributed by atoms with Crippen molar-refractivity contribution >= 4 is 27.3 Å². The van der Waals surface area contributed by atoms with Gasteiger partial charge in [-0.2, -0.15) is 0 Å². The van der Waals surface area contributed by atoms with E-state index < -0.39 is 0 Å². The van der Waals surface area contributed by atoms with E-state index in [-0.39, 0.29) is 11.9 Å². The maximum atomic E-state index is 12.3. The fourth-order valence-corrected chi connectivity index (χ4v) is 3.15. The third-order valence-electron chi connectivity index (χ3n) is 3.15. The van der Waals surface area contributed by atoms with Gasteiger partial charge in [0.2, 0.25) is 0 Å². The van der Waals surface area contributed by atoms with Gasteiger partial charge in [0.25, 0.3) is 5.91 Å². The van der Waals surface area contributed by atoms with Crippen LogP contribution in [0.5, 0.6) is 0 Å². The lowest BCUT2D eigenvalue weighted by Crippen LogP contribution is -2.35. The molecule has 0 saturated heterocycles. The van der Waals surface area contributed by atoms with Crippen molar-refractivity contribution in [2.45, 2.75) is 19.5 Å². The molecule has 3 rings (SSSR count). The van der Waals surface area contributed by atoms with Crippen molar-refractivity contribution in [3.8, 4) is 0 Å². The summed E-state index contributed by atoms with van der Waals surface area (Å²) in [5, 5.41) is 5.97. The van der Waals surface area contributed by atoms with Crippen molar-refractivity contribution in [3.63, 3.8) is 0 Å². The molecule has 0 aliphatic carbocycles. The van der Waals surface area contributed by atoms with Crippen LogP contribution in [0.2, 0.25) is 0 Å². The normalized spacial score (nSPS) is 12.4. The molecule has 0 fully saturated rings. The molecular formula is C15H15N3OS. The highest BCUT2D eigenvalue weighted by atomic mass is 32.1. The number of hydrogen-bond acceptors (Lipinski definition) is 3. The van der Waals surface area contributed by atoms with Gasteiger partial charge in [-0.05, 0) is 13.0 Å². The molecule has 0 aliphatic heterocycles. The molecule has 20 heavy (non-hydrogen) atoms. The second-order valence-corrected chi connectivity index (χ2v) is 5.69. The zero-order valence-corrected chi connectivity index (χ0v) is 11.9. The monoisotopic (exact) mass is 285 g/mol. The van der Waals surface area contributed by atoms with Crippen LogP contribution in [0.15, 0.2) is 48.4 Å². The average molecular weight is 285 g/mol. The lowest BCUT2D eigenvalue weighted by molar-refractivity contribution is 0.0939. The third kappa shape index (κ3) is 2.58. The standard InChI is InChI=1S/C15H15N3OS/c1-11(8-18-7-6-16-10-18)17-15(19)13-9-20-14-5-3-2-4-12(13)14/h2-7,9-11H,8H2,1H3,(H,17,19). The predicted octanol–water partition coefficient (Wildman–Crippen LogP) is 2.92. The number of rotatable bonds is 4. The molecule has 0 bridgehead atoms. The number of carbonyl (C=O) groups excluding carboxylic acids is 1. The van der Waals surface area contributed by atoms with Gasteiger partial charge < -0.3 is 9.88 Å². The second-order valence-electron chi connectivity index (χ2n) is 4.78. The van der Waals surface area contributed by atoms with E-state index in [4.69, 9.17) is 0 Å². The molecule has 4 nitrogen and oxygen atoms in total. The zero-order valence-electron chi connectivity index (χ0n) is 11.1. The molecule has 102 valence electrons. The Kier molecular flexibility index (Phi) is 3.52. The summed E-state index contributed by atoms with van der Waals surface area (Å²) >= 11 is 1.60. The highest BCUT2D eigenvalue weighted by molar-refractivity contribution is 7.17. The third-order valence-corrected chi connectivity index (χ3v) is 4.11. The number of carbonyl (C=O) groups is 1. The van der Waals surface area contributed by atoms with Gasteiger partial charge in [-0.1, -0.05) is 18.2 Å². The van der Waals surface area contributed by atoms with Gasteiger partial charge in [0, 0.05) is 40.4 Å². The minimum Gasteiger partial charge on any atom is -0.348 e. The number of benzene rings is 1. The Labute approximate surface area is 121 Å². The van der Waals surface area contributed by atoms with Crippen LogP contribution in [0.1, 0.15) is 17.3 Å². The minimum atomic E-state index is -0.0185. The van der Waals surface area contributed by atoms with Crippen LogP contribution in [0.25, 0.3) is 10.1 Å².